The number of aryl methyl sites for hydroxylation is 1. The van der Waals surface area contributed by atoms with Crippen LogP contribution in [0.3, 0.4) is 0 Å². The van der Waals surface area contributed by atoms with E-state index in [1.165, 1.54) is 0 Å². The van der Waals surface area contributed by atoms with E-state index >= 15 is 0 Å². The lowest BCUT2D eigenvalue weighted by atomic mass is 10.2. The van der Waals surface area contributed by atoms with E-state index < -0.39 is 0 Å². The summed E-state index contributed by atoms with van der Waals surface area (Å²) in [6.45, 7) is 3.77. The maximum atomic E-state index is 4.71. The average Bonchev–Trinajstić information content (AvgIpc) is 3.09. The second-order valence-electron chi connectivity index (χ2n) is 7.00. The zero-order valence-electron chi connectivity index (χ0n) is 16.8. The Morgan fingerprint density at radius 2 is 1.75 bits per heavy atom. The van der Waals surface area contributed by atoms with E-state index in [1.807, 2.05) is 56.5 Å². The summed E-state index contributed by atoms with van der Waals surface area (Å²) in [7, 11) is 6.17. The fraction of sp³-hybridized carbons (Fsp3) is 0.286. The number of rotatable bonds is 8. The second kappa shape index (κ2) is 9.14. The molecule has 0 atom stereocenters. The number of nitrogens with one attached hydrogen (secondary N) is 2. The Morgan fingerprint density at radius 3 is 2.43 bits per heavy atom. The molecule has 3 rings (SSSR count). The molecule has 0 fully saturated rings. The number of H-pyrrole nitrogens is 1. The summed E-state index contributed by atoms with van der Waals surface area (Å²) in [5.74, 6) is 2.95. The van der Waals surface area contributed by atoms with Gasteiger partial charge < -0.3 is 15.1 Å². The van der Waals surface area contributed by atoms with Crippen molar-refractivity contribution in [2.24, 2.45) is 0 Å². The Hall–Kier alpha value is -3.19. The Balaban J connectivity index is 1.87. The molecule has 2 heterocycles. The molecule has 7 heteroatoms. The van der Waals surface area contributed by atoms with Gasteiger partial charge in [0.05, 0.1) is 0 Å². The van der Waals surface area contributed by atoms with Crippen molar-refractivity contribution in [3.8, 4) is 0 Å². The molecular formula is C21H27N7. The first-order chi connectivity index (χ1) is 13.5. The highest BCUT2D eigenvalue weighted by Gasteiger charge is 2.09. The summed E-state index contributed by atoms with van der Waals surface area (Å²) in [6, 6.07) is 14.0. The maximum Gasteiger partial charge on any atom is 0.156 e. The van der Waals surface area contributed by atoms with E-state index in [2.05, 4.69) is 56.5 Å². The Kier molecular flexibility index (Phi) is 6.39. The molecular weight excluding hydrogens is 350 g/mol. The van der Waals surface area contributed by atoms with Crippen molar-refractivity contribution in [2.45, 2.75) is 6.92 Å². The number of nitrogens with zero attached hydrogens (tertiary/aromatic N) is 5. The van der Waals surface area contributed by atoms with E-state index in [0.717, 1.165) is 36.0 Å². The summed E-state index contributed by atoms with van der Waals surface area (Å²) in [5, 5.41) is 10.4. The van der Waals surface area contributed by atoms with Crippen molar-refractivity contribution in [3.63, 3.8) is 0 Å². The van der Waals surface area contributed by atoms with Gasteiger partial charge in [0.1, 0.15) is 11.6 Å². The Morgan fingerprint density at radius 1 is 0.964 bits per heavy atom. The minimum absolute atomic E-state index is 0.646. The molecule has 0 bridgehead atoms. The summed E-state index contributed by atoms with van der Waals surface area (Å²) in [4.78, 5) is 13.6. The highest BCUT2D eigenvalue weighted by Crippen LogP contribution is 2.19. The van der Waals surface area contributed by atoms with Crippen LogP contribution in [0, 0.1) is 6.92 Å². The van der Waals surface area contributed by atoms with Gasteiger partial charge in [-0.05, 0) is 32.7 Å². The molecule has 0 aliphatic rings. The first kappa shape index (κ1) is 19.6. The van der Waals surface area contributed by atoms with Crippen LogP contribution >= 0.6 is 0 Å². The molecule has 0 saturated heterocycles. The van der Waals surface area contributed by atoms with Crippen molar-refractivity contribution in [2.75, 3.05) is 44.4 Å². The highest BCUT2D eigenvalue weighted by atomic mass is 15.2. The fourth-order valence-electron chi connectivity index (χ4n) is 2.60. The average molecular weight is 377 g/mol. The van der Waals surface area contributed by atoms with Crippen molar-refractivity contribution >= 4 is 29.6 Å². The fourth-order valence-corrected chi connectivity index (χ4v) is 2.60. The largest absolute Gasteiger partial charge is 0.358 e. The van der Waals surface area contributed by atoms with Gasteiger partial charge in [0.15, 0.2) is 11.6 Å². The van der Waals surface area contributed by atoms with Gasteiger partial charge in [-0.2, -0.15) is 5.10 Å². The van der Waals surface area contributed by atoms with Gasteiger partial charge in [-0.15, -0.1) is 0 Å². The maximum absolute atomic E-state index is 4.71. The Labute approximate surface area is 166 Å². The topological polar surface area (TPSA) is 73.0 Å². The summed E-state index contributed by atoms with van der Waals surface area (Å²) in [6.07, 6.45) is 3.95. The number of aromatic amines is 1. The van der Waals surface area contributed by atoms with Crippen LogP contribution in [0.1, 0.15) is 17.1 Å². The van der Waals surface area contributed by atoms with Crippen LogP contribution < -0.4 is 10.2 Å². The third kappa shape index (κ3) is 5.65. The quantitative estimate of drug-likeness (QED) is 0.627. The number of hydrogen-bond acceptors (Lipinski definition) is 6. The normalized spacial score (nSPS) is 11.3. The van der Waals surface area contributed by atoms with Crippen molar-refractivity contribution < 1.29 is 0 Å². The predicted octanol–water partition coefficient (Wildman–Crippen LogP) is 3.42. The molecule has 0 aliphatic heterocycles. The van der Waals surface area contributed by atoms with Gasteiger partial charge >= 0.3 is 0 Å². The summed E-state index contributed by atoms with van der Waals surface area (Å²) >= 11 is 0. The van der Waals surface area contributed by atoms with E-state index in [-0.39, 0.29) is 0 Å². The standard InChI is InChI=1S/C21H27N7/c1-16-14-20(26-25-16)23-19-15-21(28(4)13-12-27(2)3)24-18(22-19)11-10-17-8-6-5-7-9-17/h5-11,14-15H,12-13H2,1-4H3,(H2,22,23,24,25,26). The lowest BCUT2D eigenvalue weighted by molar-refractivity contribution is 0.416. The van der Waals surface area contributed by atoms with Crippen molar-refractivity contribution in [1.29, 1.82) is 0 Å². The van der Waals surface area contributed by atoms with Gasteiger partial charge in [-0.3, -0.25) is 5.10 Å². The van der Waals surface area contributed by atoms with Gasteiger partial charge in [-0.1, -0.05) is 36.4 Å². The molecule has 3 aromatic rings. The third-order valence-electron chi connectivity index (χ3n) is 4.19. The molecule has 0 saturated carbocycles. The monoisotopic (exact) mass is 377 g/mol. The first-order valence-electron chi connectivity index (χ1n) is 9.27. The minimum Gasteiger partial charge on any atom is -0.358 e. The highest BCUT2D eigenvalue weighted by molar-refractivity contribution is 5.68. The van der Waals surface area contributed by atoms with Crippen LogP contribution in [0.5, 0.6) is 0 Å². The lowest BCUT2D eigenvalue weighted by Gasteiger charge is -2.21. The first-order valence-corrected chi connectivity index (χ1v) is 9.27. The van der Waals surface area contributed by atoms with Crippen molar-refractivity contribution in [1.82, 2.24) is 25.1 Å². The Bertz CT molecular complexity index is 916. The lowest BCUT2D eigenvalue weighted by Crippen LogP contribution is -2.29. The zero-order chi connectivity index (χ0) is 19.9. The minimum atomic E-state index is 0.646. The number of benzene rings is 1. The third-order valence-corrected chi connectivity index (χ3v) is 4.19. The smallest absolute Gasteiger partial charge is 0.156 e. The van der Waals surface area contributed by atoms with Gasteiger partial charge in [0.2, 0.25) is 0 Å². The molecule has 146 valence electrons. The van der Waals surface area contributed by atoms with Crippen LogP contribution in [0.4, 0.5) is 17.5 Å². The number of anilines is 3. The molecule has 0 amide bonds. The van der Waals surface area contributed by atoms with Crippen LogP contribution in [-0.4, -0.2) is 59.3 Å². The van der Waals surface area contributed by atoms with E-state index in [4.69, 9.17) is 4.98 Å². The molecule has 2 aromatic heterocycles. The number of likely N-dealkylation sites (N-methyl/N-ethyl adjacent to an activating group) is 2. The summed E-state index contributed by atoms with van der Waals surface area (Å²) < 4.78 is 0. The zero-order valence-corrected chi connectivity index (χ0v) is 16.8. The molecule has 28 heavy (non-hydrogen) atoms. The number of hydrogen-bond donors (Lipinski definition) is 2. The molecule has 0 radical (unpaired) electrons. The molecule has 1 aromatic carbocycles. The van der Waals surface area contributed by atoms with E-state index in [1.54, 1.807) is 0 Å². The van der Waals surface area contributed by atoms with Crippen molar-refractivity contribution in [3.05, 3.63) is 59.5 Å². The SMILES string of the molecule is Cc1cc(Nc2cc(N(C)CCN(C)C)nc(C=Cc3ccccc3)n2)n[nH]1. The molecule has 0 spiro atoms. The van der Waals surface area contributed by atoms with Crippen LogP contribution in [0.15, 0.2) is 42.5 Å². The van der Waals surface area contributed by atoms with Crippen LogP contribution in [0.25, 0.3) is 12.2 Å². The van der Waals surface area contributed by atoms with E-state index in [0.29, 0.717) is 11.6 Å². The van der Waals surface area contributed by atoms with Crippen LogP contribution in [-0.2, 0) is 0 Å². The van der Waals surface area contributed by atoms with E-state index in [9.17, 15) is 0 Å². The molecule has 7 nitrogen and oxygen atoms in total. The molecule has 2 N–H and O–H groups in total. The molecule has 0 unspecified atom stereocenters. The summed E-state index contributed by atoms with van der Waals surface area (Å²) in [5.41, 5.74) is 2.10. The van der Waals surface area contributed by atoms with Gasteiger partial charge in [0, 0.05) is 38.0 Å². The second-order valence-corrected chi connectivity index (χ2v) is 7.00. The predicted molar refractivity (Wildman–Crippen MR) is 116 cm³/mol. The van der Waals surface area contributed by atoms with Gasteiger partial charge in [-0.25, -0.2) is 9.97 Å². The van der Waals surface area contributed by atoms with Crippen LogP contribution in [0.2, 0.25) is 0 Å². The molecule has 0 aliphatic carbocycles. The number of aromatic nitrogens is 4. The van der Waals surface area contributed by atoms with Gasteiger partial charge in [0.25, 0.3) is 0 Å².